The number of sulfone groups is 1. The van der Waals surface area contributed by atoms with Gasteiger partial charge in [-0.15, -0.1) is 10.2 Å². The molecule has 2 rings (SSSR count). The lowest BCUT2D eigenvalue weighted by molar-refractivity contribution is 0.267. The van der Waals surface area contributed by atoms with E-state index in [4.69, 9.17) is 5.26 Å². The van der Waals surface area contributed by atoms with E-state index < -0.39 is 9.84 Å². The van der Waals surface area contributed by atoms with Crippen LogP contribution >= 0.6 is 0 Å². The third-order valence-electron chi connectivity index (χ3n) is 4.09. The number of aryl methyl sites for hydroxylation is 1. The Labute approximate surface area is 126 Å². The SMILES string of the molecule is Cc1nnc(S(=O)(=O)CCCC#N)n1[C@H]1CCC[C@@H](C)C1. The quantitative estimate of drug-likeness (QED) is 0.779. The van der Waals surface area contributed by atoms with Crippen LogP contribution in [0.3, 0.4) is 0 Å². The summed E-state index contributed by atoms with van der Waals surface area (Å²) in [6.45, 7) is 4.01. The molecule has 0 bridgehead atoms. The van der Waals surface area contributed by atoms with Crippen molar-refractivity contribution in [3.05, 3.63) is 5.82 Å². The minimum absolute atomic E-state index is 0.0407. The summed E-state index contributed by atoms with van der Waals surface area (Å²) in [6.07, 6.45) is 4.83. The molecule has 0 unspecified atom stereocenters. The molecule has 0 saturated heterocycles. The van der Waals surface area contributed by atoms with Gasteiger partial charge in [0.15, 0.2) is 0 Å². The molecular formula is C14H22N4O2S. The molecule has 21 heavy (non-hydrogen) atoms. The molecular weight excluding hydrogens is 288 g/mol. The number of unbranched alkanes of at least 4 members (excludes halogenated alkanes) is 1. The van der Waals surface area contributed by atoms with Gasteiger partial charge in [-0.3, -0.25) is 4.57 Å². The van der Waals surface area contributed by atoms with E-state index in [9.17, 15) is 8.42 Å². The molecule has 1 aliphatic carbocycles. The average molecular weight is 310 g/mol. The molecule has 1 heterocycles. The molecule has 0 aromatic carbocycles. The Morgan fingerprint density at radius 2 is 2.14 bits per heavy atom. The molecule has 0 radical (unpaired) electrons. The summed E-state index contributed by atoms with van der Waals surface area (Å²) in [4.78, 5) is 0. The second-order valence-corrected chi connectivity index (χ2v) is 7.91. The highest BCUT2D eigenvalue weighted by molar-refractivity contribution is 7.91. The fourth-order valence-corrected chi connectivity index (χ4v) is 4.50. The number of nitriles is 1. The molecule has 1 aliphatic rings. The predicted octanol–water partition coefficient (Wildman–Crippen LogP) is 2.42. The van der Waals surface area contributed by atoms with Gasteiger partial charge < -0.3 is 0 Å². The van der Waals surface area contributed by atoms with Crippen molar-refractivity contribution in [1.29, 1.82) is 5.26 Å². The van der Waals surface area contributed by atoms with E-state index >= 15 is 0 Å². The fraction of sp³-hybridized carbons (Fsp3) is 0.786. The van der Waals surface area contributed by atoms with Crippen molar-refractivity contribution in [2.45, 2.75) is 63.6 Å². The molecule has 2 atom stereocenters. The highest BCUT2D eigenvalue weighted by Gasteiger charge is 2.29. The molecule has 1 fully saturated rings. The van der Waals surface area contributed by atoms with Gasteiger partial charge in [0.05, 0.1) is 11.8 Å². The van der Waals surface area contributed by atoms with Gasteiger partial charge in [-0.1, -0.05) is 19.8 Å². The van der Waals surface area contributed by atoms with Gasteiger partial charge in [0, 0.05) is 12.5 Å². The molecule has 1 aromatic rings. The van der Waals surface area contributed by atoms with Gasteiger partial charge in [-0.25, -0.2) is 8.42 Å². The summed E-state index contributed by atoms with van der Waals surface area (Å²) >= 11 is 0. The van der Waals surface area contributed by atoms with E-state index in [0.29, 0.717) is 18.2 Å². The van der Waals surface area contributed by atoms with Crippen LogP contribution in [-0.4, -0.2) is 28.9 Å². The smallest absolute Gasteiger partial charge is 0.249 e. The zero-order valence-corrected chi connectivity index (χ0v) is 13.4. The maximum atomic E-state index is 12.4. The third-order valence-corrected chi connectivity index (χ3v) is 5.75. The summed E-state index contributed by atoms with van der Waals surface area (Å²) in [7, 11) is -3.47. The maximum absolute atomic E-state index is 12.4. The molecule has 1 saturated carbocycles. The van der Waals surface area contributed by atoms with Crippen molar-refractivity contribution in [2.75, 3.05) is 5.75 Å². The van der Waals surface area contributed by atoms with Gasteiger partial charge >= 0.3 is 0 Å². The number of hydrogen-bond donors (Lipinski definition) is 0. The van der Waals surface area contributed by atoms with Crippen LogP contribution in [-0.2, 0) is 9.84 Å². The van der Waals surface area contributed by atoms with Crippen LogP contribution in [0.1, 0.15) is 57.3 Å². The van der Waals surface area contributed by atoms with Gasteiger partial charge in [-0.05, 0) is 32.1 Å². The minimum Gasteiger partial charge on any atom is -0.299 e. The summed E-state index contributed by atoms with van der Waals surface area (Å²) in [5, 5.41) is 16.5. The number of nitrogens with zero attached hydrogens (tertiary/aromatic N) is 4. The highest BCUT2D eigenvalue weighted by Crippen LogP contribution is 2.34. The number of rotatable bonds is 5. The van der Waals surface area contributed by atoms with Crippen LogP contribution in [0.2, 0.25) is 0 Å². The predicted molar refractivity (Wildman–Crippen MR) is 78.3 cm³/mol. The van der Waals surface area contributed by atoms with E-state index in [1.807, 2.05) is 6.07 Å². The first-order chi connectivity index (χ1) is 9.95. The van der Waals surface area contributed by atoms with Crippen LogP contribution in [0.4, 0.5) is 0 Å². The average Bonchev–Trinajstić information content (AvgIpc) is 2.81. The number of aromatic nitrogens is 3. The second-order valence-electron chi connectivity index (χ2n) is 5.91. The van der Waals surface area contributed by atoms with Crippen molar-refractivity contribution < 1.29 is 8.42 Å². The molecule has 0 aliphatic heterocycles. The largest absolute Gasteiger partial charge is 0.299 e. The van der Waals surface area contributed by atoms with Crippen molar-refractivity contribution in [1.82, 2.24) is 14.8 Å². The Bertz CT molecular complexity index is 630. The van der Waals surface area contributed by atoms with E-state index in [2.05, 4.69) is 17.1 Å². The van der Waals surface area contributed by atoms with Crippen molar-refractivity contribution >= 4 is 9.84 Å². The van der Waals surface area contributed by atoms with Gasteiger partial charge in [0.2, 0.25) is 15.0 Å². The fourth-order valence-electron chi connectivity index (χ4n) is 3.05. The standard InChI is InChI=1S/C14H22N4O2S/c1-11-6-5-7-13(10-11)18-12(2)16-17-14(18)21(19,20)9-4-3-8-15/h11,13H,3-7,9-10H2,1-2H3/t11-,13+/m1/s1. The summed E-state index contributed by atoms with van der Waals surface area (Å²) in [5.74, 6) is 1.22. The van der Waals surface area contributed by atoms with E-state index in [1.165, 1.54) is 6.42 Å². The van der Waals surface area contributed by atoms with Crippen LogP contribution in [0.15, 0.2) is 5.16 Å². The summed E-state index contributed by atoms with van der Waals surface area (Å²) < 4.78 is 26.7. The molecule has 6 nitrogen and oxygen atoms in total. The second kappa shape index (κ2) is 6.56. The Hall–Kier alpha value is -1.42. The lowest BCUT2D eigenvalue weighted by atomic mass is 9.87. The lowest BCUT2D eigenvalue weighted by Gasteiger charge is -2.29. The summed E-state index contributed by atoms with van der Waals surface area (Å²) in [5.41, 5.74) is 0. The van der Waals surface area contributed by atoms with Gasteiger partial charge in [-0.2, -0.15) is 5.26 Å². The summed E-state index contributed by atoms with van der Waals surface area (Å²) in [6, 6.07) is 2.14. The van der Waals surface area contributed by atoms with Gasteiger partial charge in [0.25, 0.3) is 0 Å². The molecule has 0 N–H and O–H groups in total. The Kier molecular flexibility index (Phi) is 4.99. The molecule has 0 spiro atoms. The first-order valence-electron chi connectivity index (χ1n) is 7.47. The highest BCUT2D eigenvalue weighted by atomic mass is 32.2. The third kappa shape index (κ3) is 3.62. The Morgan fingerprint density at radius 1 is 1.38 bits per heavy atom. The topological polar surface area (TPSA) is 88.6 Å². The molecule has 7 heteroatoms. The monoisotopic (exact) mass is 310 g/mol. The number of hydrogen-bond acceptors (Lipinski definition) is 5. The van der Waals surface area contributed by atoms with E-state index in [-0.39, 0.29) is 23.4 Å². The lowest BCUT2D eigenvalue weighted by Crippen LogP contribution is -2.23. The minimum atomic E-state index is -3.47. The van der Waals surface area contributed by atoms with Crippen LogP contribution in [0.5, 0.6) is 0 Å². The van der Waals surface area contributed by atoms with Crippen molar-refractivity contribution in [2.24, 2.45) is 5.92 Å². The molecule has 0 amide bonds. The molecule has 116 valence electrons. The van der Waals surface area contributed by atoms with Crippen molar-refractivity contribution in [3.8, 4) is 6.07 Å². The normalized spacial score (nSPS) is 22.9. The van der Waals surface area contributed by atoms with Crippen molar-refractivity contribution in [3.63, 3.8) is 0 Å². The maximum Gasteiger partial charge on any atom is 0.249 e. The van der Waals surface area contributed by atoms with Gasteiger partial charge in [0.1, 0.15) is 5.82 Å². The zero-order chi connectivity index (χ0) is 15.5. The van der Waals surface area contributed by atoms with Crippen LogP contribution < -0.4 is 0 Å². The first kappa shape index (κ1) is 16.0. The Morgan fingerprint density at radius 3 is 2.81 bits per heavy atom. The van der Waals surface area contributed by atoms with Crippen LogP contribution in [0, 0.1) is 24.2 Å². The van der Waals surface area contributed by atoms with E-state index in [1.54, 1.807) is 11.5 Å². The first-order valence-corrected chi connectivity index (χ1v) is 9.12. The Balaban J connectivity index is 2.27. The van der Waals surface area contributed by atoms with E-state index in [0.717, 1.165) is 19.3 Å². The molecule has 1 aromatic heterocycles. The van der Waals surface area contributed by atoms with Crippen LogP contribution in [0.25, 0.3) is 0 Å². The zero-order valence-electron chi connectivity index (χ0n) is 12.6.